The highest BCUT2D eigenvalue weighted by atomic mass is 16.4. The summed E-state index contributed by atoms with van der Waals surface area (Å²) in [5, 5.41) is 28.5. The molecule has 0 fully saturated rings. The Balaban J connectivity index is 1.52. The number of nitrogens with one attached hydrogen (secondary N) is 4. The van der Waals surface area contributed by atoms with Crippen molar-refractivity contribution in [3.05, 3.63) is 102 Å². The molecule has 0 saturated carbocycles. The number of H-pyrrole nitrogens is 1. The minimum absolute atomic E-state index is 0.00937. The highest BCUT2D eigenvalue weighted by molar-refractivity contribution is 5.94. The van der Waals surface area contributed by atoms with Crippen LogP contribution in [0, 0.1) is 0 Å². The van der Waals surface area contributed by atoms with E-state index < -0.39 is 47.9 Å². The zero-order valence-corrected chi connectivity index (χ0v) is 26.8. The van der Waals surface area contributed by atoms with E-state index in [4.69, 9.17) is 17.2 Å². The molecule has 0 aliphatic rings. The summed E-state index contributed by atoms with van der Waals surface area (Å²) >= 11 is 0. The number of carboxylic acid groups (broad SMARTS) is 1. The SMILES string of the molecule is NC(N)=NCCCC(NC(=O)C(N)Cc1c[nH]c2ccccc12)C(=O)NC(Cc1ccc(O)cc1)C(=O)NC(Cc1ccccc1)C(=O)O. The molecule has 12 N–H and O–H groups in total. The topological polar surface area (TPSA) is 251 Å². The second-order valence-electron chi connectivity index (χ2n) is 11.7. The zero-order valence-electron chi connectivity index (χ0n) is 26.8. The summed E-state index contributed by atoms with van der Waals surface area (Å²) in [6.45, 7) is 0.181. The third-order valence-electron chi connectivity index (χ3n) is 7.94. The highest BCUT2D eigenvalue weighted by Gasteiger charge is 2.31. The van der Waals surface area contributed by atoms with Crippen LogP contribution in [-0.2, 0) is 38.4 Å². The first-order valence-electron chi connectivity index (χ1n) is 15.8. The zero-order chi connectivity index (χ0) is 35.3. The van der Waals surface area contributed by atoms with E-state index in [2.05, 4.69) is 25.9 Å². The van der Waals surface area contributed by atoms with Gasteiger partial charge in [0, 0.05) is 36.5 Å². The number of guanidine groups is 1. The number of aromatic nitrogens is 1. The number of nitrogens with two attached hydrogens (primary N) is 3. The van der Waals surface area contributed by atoms with Crippen LogP contribution in [-0.4, -0.2) is 75.6 Å². The predicted molar refractivity (Wildman–Crippen MR) is 185 cm³/mol. The number of benzene rings is 3. The van der Waals surface area contributed by atoms with Crippen molar-refractivity contribution >= 4 is 40.6 Å². The number of carbonyl (C=O) groups is 4. The van der Waals surface area contributed by atoms with Crippen LogP contribution < -0.4 is 33.2 Å². The summed E-state index contributed by atoms with van der Waals surface area (Å²) < 4.78 is 0. The average Bonchev–Trinajstić information content (AvgIpc) is 3.49. The van der Waals surface area contributed by atoms with Gasteiger partial charge in [0.15, 0.2) is 5.96 Å². The van der Waals surface area contributed by atoms with Gasteiger partial charge in [0.2, 0.25) is 17.7 Å². The number of amides is 3. The van der Waals surface area contributed by atoms with Crippen molar-refractivity contribution in [2.24, 2.45) is 22.2 Å². The van der Waals surface area contributed by atoms with E-state index in [9.17, 15) is 29.4 Å². The van der Waals surface area contributed by atoms with E-state index in [-0.39, 0.29) is 43.9 Å². The minimum Gasteiger partial charge on any atom is -0.508 e. The smallest absolute Gasteiger partial charge is 0.326 e. The Hall–Kier alpha value is -5.89. The lowest BCUT2D eigenvalue weighted by Crippen LogP contribution is -2.58. The Kier molecular flexibility index (Phi) is 12.7. The number of aliphatic imine (C=N–C) groups is 1. The van der Waals surface area contributed by atoms with Crippen molar-refractivity contribution < 1.29 is 29.4 Å². The number of phenolic OH excluding ortho intramolecular Hbond substituents is 1. The Morgan fingerprint density at radius 2 is 1.33 bits per heavy atom. The molecule has 49 heavy (non-hydrogen) atoms. The molecule has 0 spiro atoms. The number of carboxylic acids is 1. The number of fused-ring (bicyclic) bond motifs is 1. The van der Waals surface area contributed by atoms with E-state index in [0.29, 0.717) is 17.5 Å². The Bertz CT molecular complexity index is 1750. The average molecular weight is 671 g/mol. The van der Waals surface area contributed by atoms with Gasteiger partial charge in [-0.2, -0.15) is 0 Å². The number of aromatic amines is 1. The summed E-state index contributed by atoms with van der Waals surface area (Å²) in [7, 11) is 0. The molecule has 4 unspecified atom stereocenters. The first-order valence-corrected chi connectivity index (χ1v) is 15.8. The molecule has 1 aromatic heterocycles. The van der Waals surface area contributed by atoms with Gasteiger partial charge in [0.25, 0.3) is 0 Å². The summed E-state index contributed by atoms with van der Waals surface area (Å²) in [6.07, 6.45) is 2.37. The summed E-state index contributed by atoms with van der Waals surface area (Å²) in [4.78, 5) is 60.0. The van der Waals surface area contributed by atoms with Gasteiger partial charge in [-0.05, 0) is 54.2 Å². The molecule has 14 nitrogen and oxygen atoms in total. The third kappa shape index (κ3) is 10.8. The summed E-state index contributed by atoms with van der Waals surface area (Å²) in [6, 6.07) is 17.8. The normalized spacial score (nSPS) is 13.4. The maximum absolute atomic E-state index is 13.8. The van der Waals surface area contributed by atoms with Crippen molar-refractivity contribution in [1.82, 2.24) is 20.9 Å². The van der Waals surface area contributed by atoms with Crippen LogP contribution in [0.4, 0.5) is 0 Å². The van der Waals surface area contributed by atoms with Gasteiger partial charge in [-0.25, -0.2) is 4.79 Å². The number of hydrogen-bond donors (Lipinski definition) is 9. The van der Waals surface area contributed by atoms with Gasteiger partial charge in [0.1, 0.15) is 23.9 Å². The quantitative estimate of drug-likeness (QED) is 0.0437. The van der Waals surface area contributed by atoms with E-state index in [1.54, 1.807) is 48.7 Å². The highest BCUT2D eigenvalue weighted by Crippen LogP contribution is 2.19. The van der Waals surface area contributed by atoms with Crippen LogP contribution >= 0.6 is 0 Å². The van der Waals surface area contributed by atoms with Crippen LogP contribution in [0.2, 0.25) is 0 Å². The molecule has 4 rings (SSSR count). The molecular weight excluding hydrogens is 628 g/mol. The van der Waals surface area contributed by atoms with Gasteiger partial charge in [0.05, 0.1) is 6.04 Å². The van der Waals surface area contributed by atoms with Crippen LogP contribution in [0.1, 0.15) is 29.5 Å². The van der Waals surface area contributed by atoms with E-state index in [1.165, 1.54) is 12.1 Å². The molecule has 1 heterocycles. The standard InChI is InChI=1S/C35H42N8O6/c36-26(19-23-20-40-27-10-5-4-9-25(23)27)31(45)41-28(11-6-16-39-35(37)38)32(46)42-29(17-22-12-14-24(44)15-13-22)33(47)43-30(34(48)49)18-21-7-2-1-3-8-21/h1-5,7-10,12-15,20,26,28-30,40,44H,6,11,16-19,36H2,(H,41,45)(H,42,46)(H,43,47)(H,48,49)(H4,37,38,39). The molecule has 3 aromatic carbocycles. The molecule has 0 aliphatic carbocycles. The van der Waals surface area contributed by atoms with Crippen molar-refractivity contribution in [2.75, 3.05) is 6.54 Å². The number of hydrogen-bond acceptors (Lipinski definition) is 7. The van der Waals surface area contributed by atoms with Crippen LogP contribution in [0.25, 0.3) is 10.9 Å². The second kappa shape index (κ2) is 17.3. The second-order valence-corrected chi connectivity index (χ2v) is 11.7. The van der Waals surface area contributed by atoms with Gasteiger partial charge in [-0.1, -0.05) is 60.7 Å². The van der Waals surface area contributed by atoms with Crippen LogP contribution in [0.3, 0.4) is 0 Å². The molecular formula is C35H42N8O6. The molecule has 0 aliphatic heterocycles. The van der Waals surface area contributed by atoms with E-state index in [0.717, 1.165) is 16.5 Å². The minimum atomic E-state index is -1.29. The summed E-state index contributed by atoms with van der Waals surface area (Å²) in [5.74, 6) is -3.38. The Morgan fingerprint density at radius 1 is 0.735 bits per heavy atom. The molecule has 0 radical (unpaired) electrons. The number of para-hydroxylation sites is 1. The first kappa shape index (κ1) is 36.0. The lowest BCUT2D eigenvalue weighted by Gasteiger charge is -2.25. The maximum Gasteiger partial charge on any atom is 0.326 e. The molecule has 258 valence electrons. The predicted octanol–water partition coefficient (Wildman–Crippen LogP) is 0.821. The van der Waals surface area contributed by atoms with E-state index >= 15 is 0 Å². The largest absolute Gasteiger partial charge is 0.508 e. The van der Waals surface area contributed by atoms with Crippen molar-refractivity contribution in [3.63, 3.8) is 0 Å². The fourth-order valence-electron chi connectivity index (χ4n) is 5.35. The Morgan fingerprint density at radius 3 is 2.02 bits per heavy atom. The summed E-state index contributed by atoms with van der Waals surface area (Å²) in [5.41, 5.74) is 20.2. The van der Waals surface area contributed by atoms with Gasteiger partial charge >= 0.3 is 5.97 Å². The number of rotatable bonds is 17. The third-order valence-corrected chi connectivity index (χ3v) is 7.94. The number of carbonyl (C=O) groups excluding carboxylic acids is 3. The van der Waals surface area contributed by atoms with Crippen molar-refractivity contribution in [1.29, 1.82) is 0 Å². The fraction of sp³-hybridized carbons (Fsp3) is 0.286. The molecule has 4 atom stereocenters. The number of aromatic hydroxyl groups is 1. The first-order chi connectivity index (χ1) is 23.5. The lowest BCUT2D eigenvalue weighted by atomic mass is 10.0. The van der Waals surface area contributed by atoms with Crippen molar-refractivity contribution in [2.45, 2.75) is 56.3 Å². The van der Waals surface area contributed by atoms with Crippen molar-refractivity contribution in [3.8, 4) is 5.75 Å². The Labute approximate surface area is 283 Å². The molecule has 3 amide bonds. The monoisotopic (exact) mass is 670 g/mol. The molecule has 4 aromatic rings. The number of nitrogens with zero attached hydrogens (tertiary/aromatic N) is 1. The van der Waals surface area contributed by atoms with Gasteiger partial charge < -0.3 is 48.3 Å². The fourth-order valence-corrected chi connectivity index (χ4v) is 5.35. The van der Waals surface area contributed by atoms with E-state index in [1.807, 2.05) is 24.3 Å². The van der Waals surface area contributed by atoms with Gasteiger partial charge in [-0.3, -0.25) is 19.4 Å². The van der Waals surface area contributed by atoms with Crippen LogP contribution in [0.5, 0.6) is 5.75 Å². The van der Waals surface area contributed by atoms with Crippen LogP contribution in [0.15, 0.2) is 90.1 Å². The number of aliphatic carboxylic acids is 1. The maximum atomic E-state index is 13.8. The number of phenols is 1. The molecule has 14 heteroatoms. The molecule has 0 saturated heterocycles. The molecule has 0 bridgehead atoms. The van der Waals surface area contributed by atoms with Gasteiger partial charge in [-0.15, -0.1) is 0 Å². The lowest BCUT2D eigenvalue weighted by molar-refractivity contribution is -0.142.